The van der Waals surface area contributed by atoms with Crippen molar-refractivity contribution >= 4 is 23.4 Å². The molecule has 164 valence electrons. The summed E-state index contributed by atoms with van der Waals surface area (Å²) in [6.45, 7) is 4.49. The van der Waals surface area contributed by atoms with Crippen LogP contribution in [-0.4, -0.2) is 78.0 Å². The maximum absolute atomic E-state index is 15.1. The maximum Gasteiger partial charge on any atom is 0.407 e. The van der Waals surface area contributed by atoms with Gasteiger partial charge in [-0.25, -0.2) is 19.2 Å². The van der Waals surface area contributed by atoms with E-state index >= 15 is 4.39 Å². The highest BCUT2D eigenvalue weighted by Gasteiger charge is 2.43. The Balaban J connectivity index is 1.36. The molecule has 3 aliphatic heterocycles. The molecule has 3 saturated heterocycles. The molecule has 0 unspecified atom stereocenters. The van der Waals surface area contributed by atoms with Gasteiger partial charge in [0.2, 0.25) is 5.95 Å². The van der Waals surface area contributed by atoms with E-state index in [2.05, 4.69) is 9.97 Å². The van der Waals surface area contributed by atoms with E-state index in [1.54, 1.807) is 18.5 Å². The highest BCUT2D eigenvalue weighted by Crippen LogP contribution is 2.38. The number of carbonyl (C=O) groups is 1. The zero-order valence-electron chi connectivity index (χ0n) is 17.1. The van der Waals surface area contributed by atoms with Crippen LogP contribution in [0, 0.1) is 11.7 Å². The molecule has 1 amide bonds. The van der Waals surface area contributed by atoms with Crippen molar-refractivity contribution in [3.63, 3.8) is 0 Å². The van der Waals surface area contributed by atoms with Crippen molar-refractivity contribution in [2.45, 2.75) is 12.5 Å². The molecule has 3 fully saturated rings. The first-order valence-electron chi connectivity index (χ1n) is 10.5. The lowest BCUT2D eigenvalue weighted by atomic mass is 10.1. The van der Waals surface area contributed by atoms with Gasteiger partial charge >= 0.3 is 6.09 Å². The number of fused-ring (bicyclic) bond motifs is 1. The van der Waals surface area contributed by atoms with Gasteiger partial charge in [0.05, 0.1) is 30.6 Å². The number of rotatable bonds is 3. The van der Waals surface area contributed by atoms with E-state index in [-0.39, 0.29) is 12.0 Å². The summed E-state index contributed by atoms with van der Waals surface area (Å²) < 4.78 is 20.4. The van der Waals surface area contributed by atoms with Crippen LogP contribution < -0.4 is 15.5 Å². The Labute approximate surface area is 179 Å². The highest BCUT2D eigenvalue weighted by molar-refractivity contribution is 5.77. The van der Waals surface area contributed by atoms with Crippen molar-refractivity contribution in [2.75, 3.05) is 61.5 Å². The molecule has 1 aromatic heterocycles. The molecular weight excluding hydrogens is 403 g/mol. The Morgan fingerprint density at radius 1 is 1.13 bits per heavy atom. The lowest BCUT2D eigenvalue weighted by Crippen LogP contribution is -2.38. The average molecular weight is 428 g/mol. The van der Waals surface area contributed by atoms with Gasteiger partial charge in [0, 0.05) is 62.2 Å². The monoisotopic (exact) mass is 428 g/mol. The Hall–Kier alpha value is -3.14. The Kier molecular flexibility index (Phi) is 5.01. The first kappa shape index (κ1) is 19.8. The molecule has 2 aromatic rings. The fourth-order valence-electron chi connectivity index (χ4n) is 4.86. The molecule has 1 aromatic carbocycles. The SMILES string of the molecule is Nc1cc(-c2cnc(N3CCOCC3)nc2)c(F)cc1N1C[C@@H]2CCN(C(=O)O)[C@@H]2C1. The van der Waals surface area contributed by atoms with Crippen molar-refractivity contribution in [1.82, 2.24) is 14.9 Å². The zero-order chi connectivity index (χ0) is 21.5. The topological polar surface area (TPSA) is 108 Å². The summed E-state index contributed by atoms with van der Waals surface area (Å²) in [5.41, 5.74) is 8.26. The normalized spacial score (nSPS) is 23.3. The van der Waals surface area contributed by atoms with Crippen molar-refractivity contribution in [1.29, 1.82) is 0 Å². The standard InChI is InChI=1S/C21H25FN6O3/c22-16-8-18(27-11-13-1-2-28(21(29)30)19(13)12-27)17(23)7-15(16)14-9-24-20(25-10-14)26-3-5-31-6-4-26/h7-10,13,19H,1-6,11-12,23H2,(H,29,30)/t13-,19+/m0/s1. The lowest BCUT2D eigenvalue weighted by molar-refractivity contribution is 0.122. The smallest absolute Gasteiger partial charge is 0.407 e. The van der Waals surface area contributed by atoms with Gasteiger partial charge < -0.3 is 30.3 Å². The molecule has 3 N–H and O–H groups in total. The van der Waals surface area contributed by atoms with Crippen LogP contribution >= 0.6 is 0 Å². The van der Waals surface area contributed by atoms with Gasteiger partial charge in [-0.1, -0.05) is 0 Å². The van der Waals surface area contributed by atoms with E-state index in [4.69, 9.17) is 10.5 Å². The fraction of sp³-hybridized carbons (Fsp3) is 0.476. The third-order valence-corrected chi connectivity index (χ3v) is 6.49. The highest BCUT2D eigenvalue weighted by atomic mass is 19.1. The minimum Gasteiger partial charge on any atom is -0.465 e. The summed E-state index contributed by atoms with van der Waals surface area (Å²) in [6, 6.07) is 2.98. The summed E-state index contributed by atoms with van der Waals surface area (Å²) in [5, 5.41) is 9.38. The second-order valence-electron chi connectivity index (χ2n) is 8.26. The molecule has 9 nitrogen and oxygen atoms in total. The van der Waals surface area contributed by atoms with Gasteiger partial charge in [-0.2, -0.15) is 0 Å². The van der Waals surface area contributed by atoms with E-state index in [9.17, 15) is 9.90 Å². The molecule has 2 atom stereocenters. The van der Waals surface area contributed by atoms with E-state index in [1.165, 1.54) is 11.0 Å². The van der Waals surface area contributed by atoms with E-state index in [0.29, 0.717) is 61.3 Å². The molecule has 31 heavy (non-hydrogen) atoms. The molecule has 0 spiro atoms. The number of nitrogens with zero attached hydrogens (tertiary/aromatic N) is 5. The predicted octanol–water partition coefficient (Wildman–Crippen LogP) is 1.89. The predicted molar refractivity (Wildman–Crippen MR) is 114 cm³/mol. The third kappa shape index (κ3) is 3.60. The Morgan fingerprint density at radius 2 is 1.87 bits per heavy atom. The Morgan fingerprint density at radius 3 is 2.58 bits per heavy atom. The molecule has 0 radical (unpaired) electrons. The maximum atomic E-state index is 15.1. The molecule has 4 heterocycles. The molecule has 0 bridgehead atoms. The second-order valence-corrected chi connectivity index (χ2v) is 8.26. The summed E-state index contributed by atoms with van der Waals surface area (Å²) >= 11 is 0. The van der Waals surface area contributed by atoms with Gasteiger partial charge in [-0.3, -0.25) is 0 Å². The fourth-order valence-corrected chi connectivity index (χ4v) is 4.86. The third-order valence-electron chi connectivity index (χ3n) is 6.49. The first-order valence-corrected chi connectivity index (χ1v) is 10.5. The second kappa shape index (κ2) is 7.84. The van der Waals surface area contributed by atoms with Crippen molar-refractivity contribution in [2.24, 2.45) is 5.92 Å². The molecule has 5 rings (SSSR count). The number of nitrogens with two attached hydrogens (primary N) is 1. The summed E-state index contributed by atoms with van der Waals surface area (Å²) in [4.78, 5) is 25.7. The number of benzene rings is 1. The van der Waals surface area contributed by atoms with Crippen molar-refractivity contribution in [3.05, 3.63) is 30.3 Å². The number of hydrogen-bond donors (Lipinski definition) is 2. The summed E-state index contributed by atoms with van der Waals surface area (Å²) in [6.07, 6.45) is 3.14. The number of likely N-dealkylation sites (tertiary alicyclic amines) is 1. The number of ether oxygens (including phenoxy) is 1. The number of nitrogen functional groups attached to an aromatic ring is 1. The van der Waals surface area contributed by atoms with Crippen LogP contribution in [0.5, 0.6) is 0 Å². The van der Waals surface area contributed by atoms with Crippen LogP contribution in [-0.2, 0) is 4.74 Å². The van der Waals surface area contributed by atoms with Gasteiger partial charge in [-0.15, -0.1) is 0 Å². The van der Waals surface area contributed by atoms with E-state index < -0.39 is 11.9 Å². The summed E-state index contributed by atoms with van der Waals surface area (Å²) in [7, 11) is 0. The van der Waals surface area contributed by atoms with Gasteiger partial charge in [0.25, 0.3) is 0 Å². The molecule has 3 aliphatic rings. The molecular formula is C21H25FN6O3. The number of hydrogen-bond acceptors (Lipinski definition) is 7. The first-order chi connectivity index (χ1) is 15.0. The quantitative estimate of drug-likeness (QED) is 0.714. The van der Waals surface area contributed by atoms with E-state index in [1.807, 2.05) is 9.80 Å². The zero-order valence-corrected chi connectivity index (χ0v) is 17.1. The molecule has 10 heteroatoms. The van der Waals surface area contributed by atoms with Gasteiger partial charge in [-0.05, 0) is 18.6 Å². The summed E-state index contributed by atoms with van der Waals surface area (Å²) in [5.74, 6) is 0.446. The number of aromatic nitrogens is 2. The molecule has 0 aliphatic carbocycles. The van der Waals surface area contributed by atoms with Gasteiger partial charge in [0.1, 0.15) is 5.82 Å². The minimum atomic E-state index is -0.899. The van der Waals surface area contributed by atoms with Gasteiger partial charge in [0.15, 0.2) is 0 Å². The van der Waals surface area contributed by atoms with Crippen LogP contribution in [0.3, 0.4) is 0 Å². The molecule has 0 saturated carbocycles. The number of amides is 1. The Bertz CT molecular complexity index is 982. The lowest BCUT2D eigenvalue weighted by Gasteiger charge is -2.26. The number of carboxylic acid groups (broad SMARTS) is 1. The van der Waals surface area contributed by atoms with Crippen molar-refractivity contribution in [3.8, 4) is 11.1 Å². The van der Waals surface area contributed by atoms with Crippen LogP contribution in [0.2, 0.25) is 0 Å². The minimum absolute atomic E-state index is 0.0687. The largest absolute Gasteiger partial charge is 0.465 e. The number of anilines is 3. The van der Waals surface area contributed by atoms with Crippen LogP contribution in [0.1, 0.15) is 6.42 Å². The van der Waals surface area contributed by atoms with E-state index in [0.717, 1.165) is 19.5 Å². The van der Waals surface area contributed by atoms with Crippen molar-refractivity contribution < 1.29 is 19.0 Å². The van der Waals surface area contributed by atoms with Crippen LogP contribution in [0.25, 0.3) is 11.1 Å². The number of halogens is 1. The van der Waals surface area contributed by atoms with Crippen LogP contribution in [0.15, 0.2) is 24.5 Å². The average Bonchev–Trinajstić information content (AvgIpc) is 3.36. The van der Waals surface area contributed by atoms with Crippen LogP contribution in [0.4, 0.5) is 26.5 Å². The number of morpholine rings is 1.